The third-order valence-corrected chi connectivity index (χ3v) is 3.94. The molecule has 0 N–H and O–H groups in total. The van der Waals surface area contributed by atoms with Gasteiger partial charge in [0.1, 0.15) is 0 Å². The molecule has 0 aliphatic carbocycles. The highest BCUT2D eigenvalue weighted by atomic mass is 16.6. The highest BCUT2D eigenvalue weighted by Crippen LogP contribution is 2.35. The quantitative estimate of drug-likeness (QED) is 0.365. The predicted octanol–water partition coefficient (Wildman–Crippen LogP) is 2.11. The smallest absolute Gasteiger partial charge is 0.334 e. The van der Waals surface area contributed by atoms with E-state index in [1.165, 1.54) is 36.4 Å². The molecule has 0 aromatic heterocycles. The van der Waals surface area contributed by atoms with Crippen molar-refractivity contribution >= 4 is 23.5 Å². The Hall–Kier alpha value is -3.55. The molecule has 0 fully saturated rings. The molecule has 1 atom stereocenters. The molecule has 0 saturated heterocycles. The van der Waals surface area contributed by atoms with Crippen LogP contribution in [0.1, 0.15) is 32.3 Å². The van der Waals surface area contributed by atoms with Crippen molar-refractivity contribution < 1.29 is 24.0 Å². The summed E-state index contributed by atoms with van der Waals surface area (Å²) in [5.74, 6) is -2.34. The number of fused-ring (bicyclic) bond motifs is 1. The number of ether oxygens (including phenoxy) is 1. The zero-order valence-electron chi connectivity index (χ0n) is 13.0. The van der Waals surface area contributed by atoms with Crippen LogP contribution in [0.2, 0.25) is 0 Å². The minimum atomic E-state index is -1.54. The lowest BCUT2D eigenvalue weighted by atomic mass is 10.0. The van der Waals surface area contributed by atoms with E-state index >= 15 is 0 Å². The second kappa shape index (κ2) is 6.16. The van der Waals surface area contributed by atoms with Crippen molar-refractivity contribution in [3.05, 3.63) is 75.3 Å². The van der Waals surface area contributed by atoms with Gasteiger partial charge < -0.3 is 4.74 Å². The van der Waals surface area contributed by atoms with E-state index in [0.717, 1.165) is 7.11 Å². The molecule has 1 heterocycles. The van der Waals surface area contributed by atoms with Crippen molar-refractivity contribution in [2.24, 2.45) is 0 Å². The van der Waals surface area contributed by atoms with Crippen LogP contribution in [0.4, 0.5) is 5.69 Å². The number of amides is 2. The number of nitro groups is 1. The van der Waals surface area contributed by atoms with E-state index in [2.05, 4.69) is 0 Å². The first-order chi connectivity index (χ1) is 12.0. The molecule has 25 heavy (non-hydrogen) atoms. The number of nitro benzene ring substituents is 1. The van der Waals surface area contributed by atoms with Crippen LogP contribution in [0.5, 0.6) is 0 Å². The Morgan fingerprint density at radius 2 is 1.56 bits per heavy atom. The average molecular weight is 340 g/mol. The lowest BCUT2D eigenvalue weighted by molar-refractivity contribution is -0.385. The standard InChI is InChI=1S/C17H12N2O6/c1-25-17(22)14(12-8-4-5-9-13(12)19(23)24)18-15(20)10-6-2-3-7-11(10)16(18)21/h2-9,14H,1H3/t14-/m0/s1. The molecule has 2 aromatic carbocycles. The molecule has 126 valence electrons. The maximum atomic E-state index is 12.7. The monoisotopic (exact) mass is 340 g/mol. The van der Waals surface area contributed by atoms with Gasteiger partial charge in [0.05, 0.1) is 28.7 Å². The van der Waals surface area contributed by atoms with Gasteiger partial charge >= 0.3 is 5.97 Å². The minimum Gasteiger partial charge on any atom is -0.467 e. The fourth-order valence-electron chi connectivity index (χ4n) is 2.81. The molecule has 2 amide bonds. The van der Waals surface area contributed by atoms with Gasteiger partial charge in [0.2, 0.25) is 0 Å². The number of rotatable bonds is 4. The highest BCUT2D eigenvalue weighted by molar-refractivity contribution is 6.22. The number of nitrogens with zero attached hydrogens (tertiary/aromatic N) is 2. The normalized spacial score (nSPS) is 14.2. The van der Waals surface area contributed by atoms with E-state index in [4.69, 9.17) is 4.74 Å². The first-order valence-corrected chi connectivity index (χ1v) is 7.25. The molecule has 8 heteroatoms. The summed E-state index contributed by atoms with van der Waals surface area (Å²) in [6, 6.07) is 9.99. The summed E-state index contributed by atoms with van der Waals surface area (Å²) in [5.41, 5.74) is -0.191. The molecule has 8 nitrogen and oxygen atoms in total. The number of carbonyl (C=O) groups is 3. The average Bonchev–Trinajstić information content (AvgIpc) is 2.87. The summed E-state index contributed by atoms with van der Waals surface area (Å²) in [6.07, 6.45) is 0. The van der Waals surface area contributed by atoms with E-state index in [1.54, 1.807) is 12.1 Å². The van der Waals surface area contributed by atoms with Gasteiger partial charge in [0.25, 0.3) is 17.5 Å². The van der Waals surface area contributed by atoms with Gasteiger partial charge in [-0.3, -0.25) is 24.6 Å². The Morgan fingerprint density at radius 3 is 2.08 bits per heavy atom. The van der Waals surface area contributed by atoms with Gasteiger partial charge in [-0.15, -0.1) is 0 Å². The van der Waals surface area contributed by atoms with Crippen LogP contribution >= 0.6 is 0 Å². The molecule has 0 unspecified atom stereocenters. The van der Waals surface area contributed by atoms with Crippen LogP contribution in [-0.2, 0) is 9.53 Å². The third-order valence-electron chi connectivity index (χ3n) is 3.94. The number of benzene rings is 2. The Labute approximate surface area is 141 Å². The van der Waals surface area contributed by atoms with Gasteiger partial charge in [-0.25, -0.2) is 4.79 Å². The number of imide groups is 1. The van der Waals surface area contributed by atoms with E-state index < -0.39 is 28.7 Å². The van der Waals surface area contributed by atoms with Crippen LogP contribution in [0.3, 0.4) is 0 Å². The van der Waals surface area contributed by atoms with E-state index in [-0.39, 0.29) is 22.4 Å². The Morgan fingerprint density at radius 1 is 1.04 bits per heavy atom. The number of para-hydroxylation sites is 1. The van der Waals surface area contributed by atoms with Crippen molar-refractivity contribution in [2.45, 2.75) is 6.04 Å². The Kier molecular flexibility index (Phi) is 4.02. The van der Waals surface area contributed by atoms with Crippen molar-refractivity contribution in [3.8, 4) is 0 Å². The van der Waals surface area contributed by atoms with Gasteiger partial charge in [0, 0.05) is 6.07 Å². The fraction of sp³-hybridized carbons (Fsp3) is 0.118. The SMILES string of the molecule is COC(=O)[C@H](c1ccccc1[N+](=O)[O-])N1C(=O)c2ccccc2C1=O. The lowest BCUT2D eigenvalue weighted by Gasteiger charge is -2.24. The van der Waals surface area contributed by atoms with Crippen LogP contribution in [-0.4, -0.2) is 34.7 Å². The maximum Gasteiger partial charge on any atom is 0.334 e. The molecular formula is C17H12N2O6. The first kappa shape index (κ1) is 16.3. The number of methoxy groups -OCH3 is 1. The van der Waals surface area contributed by atoms with Gasteiger partial charge in [-0.1, -0.05) is 24.3 Å². The zero-order valence-corrected chi connectivity index (χ0v) is 13.0. The molecule has 0 bridgehead atoms. The molecule has 0 saturated carbocycles. The molecule has 3 rings (SSSR count). The second-order valence-corrected chi connectivity index (χ2v) is 5.27. The molecule has 0 radical (unpaired) electrons. The van der Waals surface area contributed by atoms with Crippen molar-refractivity contribution in [3.63, 3.8) is 0 Å². The summed E-state index contributed by atoms with van der Waals surface area (Å²) in [7, 11) is 1.09. The van der Waals surface area contributed by atoms with Crippen LogP contribution in [0, 0.1) is 10.1 Å². The topological polar surface area (TPSA) is 107 Å². The van der Waals surface area contributed by atoms with Gasteiger partial charge in [0.15, 0.2) is 6.04 Å². The Bertz CT molecular complexity index is 873. The number of esters is 1. The molecular weight excluding hydrogens is 328 g/mol. The zero-order chi connectivity index (χ0) is 18.1. The first-order valence-electron chi connectivity index (χ1n) is 7.25. The summed E-state index contributed by atoms with van der Waals surface area (Å²) in [4.78, 5) is 49.0. The minimum absolute atomic E-state index is 0.0890. The van der Waals surface area contributed by atoms with Gasteiger partial charge in [-0.2, -0.15) is 0 Å². The van der Waals surface area contributed by atoms with Crippen molar-refractivity contribution in [2.75, 3.05) is 7.11 Å². The molecule has 2 aromatic rings. The Balaban J connectivity index is 2.17. The van der Waals surface area contributed by atoms with Gasteiger partial charge in [-0.05, 0) is 18.2 Å². The largest absolute Gasteiger partial charge is 0.467 e. The fourth-order valence-corrected chi connectivity index (χ4v) is 2.81. The third kappa shape index (κ3) is 2.53. The maximum absolute atomic E-state index is 12.7. The van der Waals surface area contributed by atoms with Crippen LogP contribution in [0.15, 0.2) is 48.5 Å². The second-order valence-electron chi connectivity index (χ2n) is 5.27. The number of hydrogen-bond acceptors (Lipinski definition) is 6. The summed E-state index contributed by atoms with van der Waals surface area (Å²) in [5, 5.41) is 11.3. The molecule has 1 aliphatic rings. The van der Waals surface area contributed by atoms with E-state index in [9.17, 15) is 24.5 Å². The molecule has 0 spiro atoms. The summed E-state index contributed by atoms with van der Waals surface area (Å²) in [6.45, 7) is 0. The van der Waals surface area contributed by atoms with Crippen molar-refractivity contribution in [1.82, 2.24) is 4.90 Å². The van der Waals surface area contributed by atoms with E-state index in [1.807, 2.05) is 0 Å². The predicted molar refractivity (Wildman–Crippen MR) is 84.8 cm³/mol. The lowest BCUT2D eigenvalue weighted by Crippen LogP contribution is -2.39. The number of carbonyl (C=O) groups excluding carboxylic acids is 3. The van der Waals surface area contributed by atoms with Crippen LogP contribution in [0.25, 0.3) is 0 Å². The molecule has 1 aliphatic heterocycles. The van der Waals surface area contributed by atoms with Crippen LogP contribution < -0.4 is 0 Å². The number of hydrogen-bond donors (Lipinski definition) is 0. The summed E-state index contributed by atoms with van der Waals surface area (Å²) >= 11 is 0. The summed E-state index contributed by atoms with van der Waals surface area (Å²) < 4.78 is 4.70. The van der Waals surface area contributed by atoms with E-state index in [0.29, 0.717) is 4.90 Å². The highest BCUT2D eigenvalue weighted by Gasteiger charge is 2.45. The van der Waals surface area contributed by atoms with Crippen molar-refractivity contribution in [1.29, 1.82) is 0 Å².